The molecule has 1 N–H and O–H groups in total. The molecule has 0 heterocycles. The van der Waals surface area contributed by atoms with E-state index in [1.54, 1.807) is 7.11 Å². The Morgan fingerprint density at radius 1 is 0.789 bits per heavy atom. The van der Waals surface area contributed by atoms with Gasteiger partial charge < -0.3 is 27.9 Å². The van der Waals surface area contributed by atoms with Crippen LogP contribution in [0.2, 0.25) is 54.4 Å². The van der Waals surface area contributed by atoms with Crippen molar-refractivity contribution >= 4 is 25.0 Å². The van der Waals surface area contributed by atoms with Crippen LogP contribution < -0.4 is 4.74 Å². The van der Waals surface area contributed by atoms with Crippen LogP contribution in [0, 0.1) is 11.8 Å². The van der Waals surface area contributed by atoms with Gasteiger partial charge in [-0.15, -0.1) is 6.58 Å². The first-order valence-corrected chi connectivity index (χ1v) is 30.4. The lowest BCUT2D eigenvalue weighted by Crippen LogP contribution is -2.51. The smallest absolute Gasteiger partial charge is 0.193 e. The Morgan fingerprint density at radius 3 is 1.79 bits per heavy atom. The van der Waals surface area contributed by atoms with Crippen molar-refractivity contribution in [1.29, 1.82) is 0 Å². The van der Waals surface area contributed by atoms with Gasteiger partial charge in [-0.05, 0) is 130 Å². The molecule has 9 heteroatoms. The van der Waals surface area contributed by atoms with Gasteiger partial charge in [0.05, 0.1) is 37.6 Å². The highest BCUT2D eigenvalue weighted by molar-refractivity contribution is 6.74. The third kappa shape index (κ3) is 16.9. The van der Waals surface area contributed by atoms with E-state index in [2.05, 4.69) is 154 Å². The van der Waals surface area contributed by atoms with Crippen LogP contribution in [0.3, 0.4) is 0 Å². The summed E-state index contributed by atoms with van der Waals surface area (Å²) in [5.41, 5.74) is 1.25. The maximum absolute atomic E-state index is 12.1. The third-order valence-corrected chi connectivity index (χ3v) is 27.5. The Labute approximate surface area is 356 Å². The molecular formula is C48H90O6Si3. The second-order valence-electron chi connectivity index (χ2n) is 20.3. The number of allylic oxidation sites excluding steroid dienone is 1. The highest BCUT2D eigenvalue weighted by atomic mass is 28.4. The van der Waals surface area contributed by atoms with Crippen LogP contribution in [0.25, 0.3) is 0 Å². The molecule has 330 valence electrons. The van der Waals surface area contributed by atoms with E-state index in [1.165, 1.54) is 0 Å². The molecule has 0 fully saturated rings. The number of aliphatic hydroxyl groups is 1. The molecule has 6 nitrogen and oxygen atoms in total. The first kappa shape index (κ1) is 53.7. The number of hydrogen-bond acceptors (Lipinski definition) is 6. The molecule has 0 radical (unpaired) electrons. The van der Waals surface area contributed by atoms with Crippen LogP contribution in [0.1, 0.15) is 128 Å². The molecule has 0 aliphatic carbocycles. The minimum absolute atomic E-state index is 0.00529. The van der Waals surface area contributed by atoms with Crippen LogP contribution >= 0.6 is 0 Å². The number of hydrogen-bond donors (Lipinski definition) is 1. The molecule has 1 rings (SSSR count). The summed E-state index contributed by atoms with van der Waals surface area (Å²) in [4.78, 5) is 0. The van der Waals surface area contributed by atoms with Crippen molar-refractivity contribution in [1.82, 2.24) is 0 Å². The molecule has 0 saturated heterocycles. The zero-order chi connectivity index (χ0) is 44.0. The van der Waals surface area contributed by atoms with Crippen molar-refractivity contribution in [3.8, 4) is 5.75 Å². The van der Waals surface area contributed by atoms with Gasteiger partial charge >= 0.3 is 0 Å². The van der Waals surface area contributed by atoms with Crippen LogP contribution in [-0.2, 0) is 24.6 Å². The van der Waals surface area contributed by atoms with Gasteiger partial charge in [0.1, 0.15) is 5.75 Å². The molecule has 1 unspecified atom stereocenters. The lowest BCUT2D eigenvalue weighted by atomic mass is 9.88. The lowest BCUT2D eigenvalue weighted by Gasteiger charge is -2.42. The van der Waals surface area contributed by atoms with Crippen LogP contribution in [0.4, 0.5) is 0 Å². The van der Waals surface area contributed by atoms with Gasteiger partial charge in [0.15, 0.2) is 25.0 Å². The zero-order valence-corrected chi connectivity index (χ0v) is 43.3. The first-order valence-electron chi connectivity index (χ1n) is 22.1. The van der Waals surface area contributed by atoms with Crippen molar-refractivity contribution in [2.75, 3.05) is 7.11 Å². The third-order valence-electron chi connectivity index (χ3n) is 13.6. The topological polar surface area (TPSA) is 66.4 Å². The molecule has 7 atom stereocenters. The van der Waals surface area contributed by atoms with Gasteiger partial charge in [0.2, 0.25) is 0 Å². The quantitative estimate of drug-likeness (QED) is 0.0703. The zero-order valence-electron chi connectivity index (χ0n) is 40.3. The van der Waals surface area contributed by atoms with E-state index in [0.717, 1.165) is 54.3 Å². The number of aliphatic hydroxyl groups excluding tert-OH is 1. The van der Waals surface area contributed by atoms with E-state index in [0.29, 0.717) is 25.4 Å². The van der Waals surface area contributed by atoms with Crippen molar-refractivity contribution in [2.24, 2.45) is 11.8 Å². The fraction of sp³-hybridized carbons (Fsp3) is 0.750. The molecule has 1 aromatic carbocycles. The summed E-state index contributed by atoms with van der Waals surface area (Å²) in [7, 11) is -4.34. The lowest BCUT2D eigenvalue weighted by molar-refractivity contribution is -0.0209. The summed E-state index contributed by atoms with van der Waals surface area (Å²) in [5, 5.41) is 12.4. The molecule has 57 heavy (non-hydrogen) atoms. The molecule has 0 saturated carbocycles. The fourth-order valence-corrected chi connectivity index (χ4v) is 12.8. The molecule has 0 amide bonds. The maximum Gasteiger partial charge on any atom is 0.193 e. The minimum atomic E-state index is -2.11. The molecular weight excluding hydrogens is 757 g/mol. The summed E-state index contributed by atoms with van der Waals surface area (Å²) in [6.07, 6.45) is 9.29. The van der Waals surface area contributed by atoms with E-state index in [9.17, 15) is 5.11 Å². The van der Waals surface area contributed by atoms with Gasteiger partial charge in [-0.1, -0.05) is 119 Å². The summed E-state index contributed by atoms with van der Waals surface area (Å²) in [5.74, 6) is 1.37. The summed E-state index contributed by atoms with van der Waals surface area (Å²) in [6.45, 7) is 47.6. The first-order chi connectivity index (χ1) is 26.1. The van der Waals surface area contributed by atoms with Crippen molar-refractivity contribution in [2.45, 2.75) is 213 Å². The second-order valence-corrected chi connectivity index (χ2v) is 34.5. The summed E-state index contributed by atoms with van der Waals surface area (Å²) >= 11 is 0. The predicted molar refractivity (Wildman–Crippen MR) is 254 cm³/mol. The van der Waals surface area contributed by atoms with Crippen LogP contribution in [0.15, 0.2) is 61.2 Å². The van der Waals surface area contributed by atoms with Crippen molar-refractivity contribution in [3.05, 3.63) is 66.8 Å². The van der Waals surface area contributed by atoms with E-state index < -0.39 is 36.7 Å². The van der Waals surface area contributed by atoms with Gasteiger partial charge in [-0.2, -0.15) is 0 Å². The van der Waals surface area contributed by atoms with Crippen molar-refractivity contribution in [3.63, 3.8) is 0 Å². The van der Waals surface area contributed by atoms with Gasteiger partial charge in [0.25, 0.3) is 0 Å². The number of rotatable bonds is 27. The fourth-order valence-electron chi connectivity index (χ4n) is 6.85. The minimum Gasteiger partial charge on any atom is -0.497 e. The Bertz CT molecular complexity index is 1350. The predicted octanol–water partition coefficient (Wildman–Crippen LogP) is 14.0. The van der Waals surface area contributed by atoms with Gasteiger partial charge in [0, 0.05) is 6.10 Å². The monoisotopic (exact) mass is 847 g/mol. The van der Waals surface area contributed by atoms with Gasteiger partial charge in [-0.3, -0.25) is 0 Å². The summed E-state index contributed by atoms with van der Waals surface area (Å²) in [6, 6.07) is 11.2. The van der Waals surface area contributed by atoms with E-state index in [4.69, 9.17) is 22.8 Å². The Kier molecular flexibility index (Phi) is 21.7. The Morgan fingerprint density at radius 2 is 1.32 bits per heavy atom. The molecule has 0 bridgehead atoms. The second kappa shape index (κ2) is 23.1. The standard InChI is InChI=1S/C48H90O6Si3/c1-21-26-43(53-56(19,20)47(12,13)14)33-37(5)34-45(49)48(15,54-57(22-2,23-3)24-4)32-25-27-38(6)44(51-36-41-28-30-42(50-16)31-29-41)35-39(7)40(8)52-55(17,18)46(9,10)11/h21,25,28-32,38-40,43-45,49H,1,5,22-24,26-27,33-36H2,2-4,6-20H3/b32-25+/t38-,39+,40+,43+,44+,45?,48-/m1/s1. The van der Waals surface area contributed by atoms with E-state index >= 15 is 0 Å². The largest absolute Gasteiger partial charge is 0.497 e. The molecule has 0 aliphatic heterocycles. The highest BCUT2D eigenvalue weighted by Gasteiger charge is 2.43. The number of ether oxygens (including phenoxy) is 2. The Balaban J connectivity index is 3.40. The average Bonchev–Trinajstić information content (AvgIpc) is 3.11. The van der Waals surface area contributed by atoms with E-state index in [1.807, 2.05) is 18.2 Å². The molecule has 1 aromatic rings. The van der Waals surface area contributed by atoms with Crippen molar-refractivity contribution < 1.29 is 27.9 Å². The van der Waals surface area contributed by atoms with Crippen LogP contribution in [-0.4, -0.2) is 67.2 Å². The molecule has 0 aliphatic rings. The van der Waals surface area contributed by atoms with Gasteiger partial charge in [-0.25, -0.2) is 0 Å². The summed E-state index contributed by atoms with van der Waals surface area (Å²) < 4.78 is 33.1. The average molecular weight is 848 g/mol. The number of benzene rings is 1. The van der Waals surface area contributed by atoms with Crippen LogP contribution in [0.5, 0.6) is 5.75 Å². The highest BCUT2D eigenvalue weighted by Crippen LogP contribution is 2.40. The molecule has 0 aromatic heterocycles. The SMILES string of the molecule is C=CC[C@@H](CC(=C)CC(O)[C@@](C)(/C=C/C[C@@H](C)[C@H](C[C@H](C)[C@H](C)O[Si](C)(C)C(C)(C)C)OCc1ccc(OC)cc1)O[Si](CC)(CC)CC)O[Si](C)(C)C(C)(C)C. The molecule has 0 spiro atoms. The maximum atomic E-state index is 12.1. The Hall–Kier alpha value is -1.31. The number of methoxy groups -OCH3 is 1. The van der Waals surface area contributed by atoms with E-state index in [-0.39, 0.29) is 34.3 Å². The normalized spacial score (nSPS) is 17.7.